The van der Waals surface area contributed by atoms with Crippen molar-refractivity contribution in [2.45, 2.75) is 12.5 Å². The number of benzene rings is 2. The SMILES string of the molecule is CN(C)c1ccc(C2CNCc3ccccc32)cc1. The van der Waals surface area contributed by atoms with Crippen molar-refractivity contribution in [3.63, 3.8) is 0 Å². The van der Waals surface area contributed by atoms with Gasteiger partial charge >= 0.3 is 0 Å². The third kappa shape index (κ3) is 2.36. The molecule has 0 radical (unpaired) electrons. The minimum atomic E-state index is 0.473. The van der Waals surface area contributed by atoms with Crippen LogP contribution < -0.4 is 10.2 Å². The van der Waals surface area contributed by atoms with Gasteiger partial charge in [-0.2, -0.15) is 0 Å². The van der Waals surface area contributed by atoms with Gasteiger partial charge in [0.05, 0.1) is 0 Å². The second-order valence-corrected chi connectivity index (χ2v) is 5.37. The van der Waals surface area contributed by atoms with Crippen molar-refractivity contribution in [2.75, 3.05) is 25.5 Å². The minimum absolute atomic E-state index is 0.473. The Morgan fingerprint density at radius 3 is 2.47 bits per heavy atom. The number of hydrogen-bond donors (Lipinski definition) is 1. The van der Waals surface area contributed by atoms with Crippen molar-refractivity contribution in [1.82, 2.24) is 5.32 Å². The third-order valence-electron chi connectivity index (χ3n) is 3.91. The molecule has 1 aliphatic heterocycles. The number of nitrogens with zero attached hydrogens (tertiary/aromatic N) is 1. The van der Waals surface area contributed by atoms with E-state index in [1.54, 1.807) is 0 Å². The van der Waals surface area contributed by atoms with E-state index in [-0.39, 0.29) is 0 Å². The zero-order chi connectivity index (χ0) is 13.2. The highest BCUT2D eigenvalue weighted by atomic mass is 15.1. The van der Waals surface area contributed by atoms with Gasteiger partial charge < -0.3 is 10.2 Å². The maximum atomic E-state index is 3.52. The smallest absolute Gasteiger partial charge is 0.0361 e. The summed E-state index contributed by atoms with van der Waals surface area (Å²) in [5, 5.41) is 3.52. The largest absolute Gasteiger partial charge is 0.378 e. The number of hydrogen-bond acceptors (Lipinski definition) is 2. The van der Waals surface area contributed by atoms with Crippen LogP contribution in [0.1, 0.15) is 22.6 Å². The zero-order valence-corrected chi connectivity index (χ0v) is 11.6. The molecule has 2 aromatic rings. The molecule has 1 atom stereocenters. The first-order valence-corrected chi connectivity index (χ1v) is 6.81. The average molecular weight is 252 g/mol. The maximum absolute atomic E-state index is 3.52. The summed E-state index contributed by atoms with van der Waals surface area (Å²) in [6.45, 7) is 2.01. The van der Waals surface area contributed by atoms with Crippen LogP contribution in [-0.2, 0) is 6.54 Å². The summed E-state index contributed by atoms with van der Waals surface area (Å²) in [5.74, 6) is 0.473. The Morgan fingerprint density at radius 1 is 1.00 bits per heavy atom. The van der Waals surface area contributed by atoms with Crippen LogP contribution in [0.25, 0.3) is 0 Å². The second kappa shape index (κ2) is 5.06. The van der Waals surface area contributed by atoms with Crippen molar-refractivity contribution in [2.24, 2.45) is 0 Å². The maximum Gasteiger partial charge on any atom is 0.0361 e. The Labute approximate surface area is 115 Å². The summed E-state index contributed by atoms with van der Waals surface area (Å²) < 4.78 is 0. The van der Waals surface area contributed by atoms with Gasteiger partial charge in [0.25, 0.3) is 0 Å². The number of fused-ring (bicyclic) bond motifs is 1. The van der Waals surface area contributed by atoms with Crippen LogP contribution in [0, 0.1) is 0 Å². The van der Waals surface area contributed by atoms with Gasteiger partial charge in [-0.25, -0.2) is 0 Å². The summed E-state index contributed by atoms with van der Waals surface area (Å²) in [4.78, 5) is 2.14. The van der Waals surface area contributed by atoms with E-state index in [0.717, 1.165) is 13.1 Å². The minimum Gasteiger partial charge on any atom is -0.378 e. The van der Waals surface area contributed by atoms with Crippen molar-refractivity contribution >= 4 is 5.69 Å². The highest BCUT2D eigenvalue weighted by molar-refractivity contribution is 5.49. The number of rotatable bonds is 2. The van der Waals surface area contributed by atoms with Gasteiger partial charge in [-0.05, 0) is 28.8 Å². The molecule has 2 heteroatoms. The van der Waals surface area contributed by atoms with Crippen LogP contribution in [0.3, 0.4) is 0 Å². The lowest BCUT2D eigenvalue weighted by Gasteiger charge is -2.27. The van der Waals surface area contributed by atoms with E-state index in [9.17, 15) is 0 Å². The van der Waals surface area contributed by atoms with E-state index in [1.165, 1.54) is 22.4 Å². The lowest BCUT2D eigenvalue weighted by molar-refractivity contribution is 0.591. The molecule has 0 amide bonds. The predicted molar refractivity (Wildman–Crippen MR) is 80.8 cm³/mol. The van der Waals surface area contributed by atoms with Crippen LogP contribution in [0.5, 0.6) is 0 Å². The highest BCUT2D eigenvalue weighted by Gasteiger charge is 2.20. The molecule has 2 aromatic carbocycles. The third-order valence-corrected chi connectivity index (χ3v) is 3.91. The van der Waals surface area contributed by atoms with Gasteiger partial charge in [-0.3, -0.25) is 0 Å². The van der Waals surface area contributed by atoms with Gasteiger partial charge in [0.2, 0.25) is 0 Å². The molecule has 1 aliphatic rings. The van der Waals surface area contributed by atoms with Gasteiger partial charge in [0.1, 0.15) is 0 Å². The summed E-state index contributed by atoms with van der Waals surface area (Å²) >= 11 is 0. The lowest BCUT2D eigenvalue weighted by Crippen LogP contribution is -2.28. The fourth-order valence-electron chi connectivity index (χ4n) is 2.80. The van der Waals surface area contributed by atoms with E-state index in [1.807, 2.05) is 0 Å². The molecule has 1 N–H and O–H groups in total. The Hall–Kier alpha value is -1.80. The molecule has 98 valence electrons. The quantitative estimate of drug-likeness (QED) is 0.884. The number of anilines is 1. The molecule has 1 heterocycles. The molecule has 1 unspecified atom stereocenters. The predicted octanol–water partition coefficient (Wildman–Crippen LogP) is 2.99. The van der Waals surface area contributed by atoms with Crippen LogP contribution in [0.4, 0.5) is 5.69 Å². The standard InChI is InChI=1S/C17H20N2/c1-19(2)15-9-7-13(8-10-15)17-12-18-11-14-5-3-4-6-16(14)17/h3-10,17-18H,11-12H2,1-2H3. The van der Waals surface area contributed by atoms with Crippen molar-refractivity contribution < 1.29 is 0 Å². The van der Waals surface area contributed by atoms with Gasteiger partial charge in [-0.15, -0.1) is 0 Å². The van der Waals surface area contributed by atoms with E-state index in [4.69, 9.17) is 0 Å². The Balaban J connectivity index is 1.95. The highest BCUT2D eigenvalue weighted by Crippen LogP contribution is 2.30. The molecular formula is C17H20N2. The first-order valence-electron chi connectivity index (χ1n) is 6.81. The molecule has 19 heavy (non-hydrogen) atoms. The average Bonchev–Trinajstić information content (AvgIpc) is 2.47. The fourth-order valence-corrected chi connectivity index (χ4v) is 2.80. The topological polar surface area (TPSA) is 15.3 Å². The second-order valence-electron chi connectivity index (χ2n) is 5.37. The number of nitrogens with one attached hydrogen (secondary N) is 1. The van der Waals surface area contributed by atoms with Gasteiger partial charge in [0.15, 0.2) is 0 Å². The summed E-state index contributed by atoms with van der Waals surface area (Å²) in [5.41, 5.74) is 5.54. The summed E-state index contributed by atoms with van der Waals surface area (Å²) in [6.07, 6.45) is 0. The Morgan fingerprint density at radius 2 is 1.74 bits per heavy atom. The normalized spacial score (nSPS) is 17.9. The summed E-state index contributed by atoms with van der Waals surface area (Å²) in [7, 11) is 4.15. The Bertz CT molecular complexity index is 558. The molecule has 2 nitrogen and oxygen atoms in total. The molecule has 0 fully saturated rings. The summed E-state index contributed by atoms with van der Waals surface area (Å²) in [6, 6.07) is 17.7. The molecule has 3 rings (SSSR count). The van der Waals surface area contributed by atoms with Crippen LogP contribution in [0.2, 0.25) is 0 Å². The van der Waals surface area contributed by atoms with Crippen LogP contribution in [-0.4, -0.2) is 20.6 Å². The van der Waals surface area contributed by atoms with Crippen LogP contribution >= 0.6 is 0 Å². The molecule has 0 saturated heterocycles. The van der Waals surface area contributed by atoms with Gasteiger partial charge in [0, 0.05) is 38.8 Å². The molecule has 0 aliphatic carbocycles. The monoisotopic (exact) mass is 252 g/mol. The van der Waals surface area contributed by atoms with E-state index in [0.29, 0.717) is 5.92 Å². The van der Waals surface area contributed by atoms with E-state index >= 15 is 0 Å². The van der Waals surface area contributed by atoms with Crippen molar-refractivity contribution in [3.8, 4) is 0 Å². The Kier molecular flexibility index (Phi) is 3.26. The lowest BCUT2D eigenvalue weighted by atomic mass is 9.85. The van der Waals surface area contributed by atoms with Crippen molar-refractivity contribution in [3.05, 3.63) is 65.2 Å². The van der Waals surface area contributed by atoms with E-state index in [2.05, 4.69) is 72.8 Å². The van der Waals surface area contributed by atoms with Crippen LogP contribution in [0.15, 0.2) is 48.5 Å². The molecule has 0 bridgehead atoms. The van der Waals surface area contributed by atoms with Crippen molar-refractivity contribution in [1.29, 1.82) is 0 Å². The first-order chi connectivity index (χ1) is 9.25. The first kappa shape index (κ1) is 12.2. The fraction of sp³-hybridized carbons (Fsp3) is 0.294. The molecule has 0 saturated carbocycles. The molecule has 0 spiro atoms. The zero-order valence-electron chi connectivity index (χ0n) is 11.6. The van der Waals surface area contributed by atoms with E-state index < -0.39 is 0 Å². The van der Waals surface area contributed by atoms with Gasteiger partial charge in [-0.1, -0.05) is 36.4 Å². The molecular weight excluding hydrogens is 232 g/mol. The molecule has 0 aromatic heterocycles.